The molecule has 2 N–H and O–H groups in total. The molecule has 0 radical (unpaired) electrons. The highest BCUT2D eigenvalue weighted by molar-refractivity contribution is 7.99. The lowest BCUT2D eigenvalue weighted by atomic mass is 10.1. The number of aryl methyl sites for hydroxylation is 1. The molecule has 0 atom stereocenters. The van der Waals surface area contributed by atoms with Crippen LogP contribution in [0.4, 0.5) is 11.8 Å². The van der Waals surface area contributed by atoms with Gasteiger partial charge in [0.2, 0.25) is 5.95 Å². The van der Waals surface area contributed by atoms with E-state index < -0.39 is 0 Å². The lowest BCUT2D eigenvalue weighted by Crippen LogP contribution is -2.39. The van der Waals surface area contributed by atoms with Gasteiger partial charge in [-0.2, -0.15) is 10.2 Å². The summed E-state index contributed by atoms with van der Waals surface area (Å²) in [5, 5.41) is 22.1. The number of aliphatic hydroxyl groups is 1. The number of fused-ring (bicyclic) bond motifs is 1. The van der Waals surface area contributed by atoms with E-state index in [9.17, 15) is 5.11 Å². The van der Waals surface area contributed by atoms with Gasteiger partial charge in [-0.15, -0.1) is 11.8 Å². The zero-order chi connectivity index (χ0) is 20.6. The number of hydrogen-bond acceptors (Lipinski definition) is 8. The van der Waals surface area contributed by atoms with Gasteiger partial charge in [-0.1, -0.05) is 0 Å². The Bertz CT molecular complexity index is 963. The smallest absolute Gasteiger partial charge is 0.227 e. The standard InChI is InChI=1S/C22H25N5O2S/c23-13-15-1-3-16(4-2-15)29-17-5-10-27(11-6-17)21-24-18-7-12-30-19(18)20(25-21)26-22(14-28)8-9-22/h1-4,17,28H,5-12,14H2,(H,24,25,26). The summed E-state index contributed by atoms with van der Waals surface area (Å²) < 4.78 is 6.11. The van der Waals surface area contributed by atoms with Crippen molar-refractivity contribution in [2.75, 3.05) is 35.7 Å². The number of nitrogens with one attached hydrogen (secondary N) is 1. The maximum absolute atomic E-state index is 9.71. The third-order valence-electron chi connectivity index (χ3n) is 6.06. The molecule has 1 aromatic carbocycles. The van der Waals surface area contributed by atoms with Crippen LogP contribution < -0.4 is 15.0 Å². The van der Waals surface area contributed by atoms with Crippen LogP contribution in [0, 0.1) is 11.3 Å². The number of rotatable bonds is 6. The Balaban J connectivity index is 1.26. The molecule has 0 spiro atoms. The van der Waals surface area contributed by atoms with Gasteiger partial charge in [0.05, 0.1) is 34.4 Å². The Kier molecular flexibility index (Phi) is 5.17. The minimum atomic E-state index is -0.190. The number of aliphatic hydroxyl groups excluding tert-OH is 1. The highest BCUT2D eigenvalue weighted by Crippen LogP contribution is 2.43. The number of anilines is 2. The number of hydrogen-bond donors (Lipinski definition) is 2. The number of benzene rings is 1. The lowest BCUT2D eigenvalue weighted by molar-refractivity contribution is 0.170. The van der Waals surface area contributed by atoms with Crippen molar-refractivity contribution in [3.63, 3.8) is 0 Å². The van der Waals surface area contributed by atoms with Crippen LogP contribution >= 0.6 is 11.8 Å². The van der Waals surface area contributed by atoms with Crippen LogP contribution in [0.3, 0.4) is 0 Å². The summed E-state index contributed by atoms with van der Waals surface area (Å²) in [5.74, 6) is 3.52. The Morgan fingerprint density at radius 3 is 2.67 bits per heavy atom. The minimum absolute atomic E-state index is 0.143. The van der Waals surface area contributed by atoms with Gasteiger partial charge >= 0.3 is 0 Å². The van der Waals surface area contributed by atoms with E-state index in [1.807, 2.05) is 12.1 Å². The van der Waals surface area contributed by atoms with Crippen LogP contribution in [0.1, 0.15) is 36.9 Å². The molecule has 5 rings (SSSR count). The summed E-state index contributed by atoms with van der Waals surface area (Å²) in [7, 11) is 0. The molecule has 1 saturated carbocycles. The van der Waals surface area contributed by atoms with Crippen LogP contribution in [-0.2, 0) is 6.42 Å². The molecule has 7 nitrogen and oxygen atoms in total. The van der Waals surface area contributed by atoms with Crippen molar-refractivity contribution in [1.29, 1.82) is 5.26 Å². The second-order valence-corrected chi connectivity index (χ2v) is 9.36. The summed E-state index contributed by atoms with van der Waals surface area (Å²) in [5.41, 5.74) is 1.57. The zero-order valence-corrected chi connectivity index (χ0v) is 17.6. The molecule has 0 bridgehead atoms. The fraction of sp³-hybridized carbons (Fsp3) is 0.500. The fourth-order valence-electron chi connectivity index (χ4n) is 3.98. The second kappa shape index (κ2) is 7.97. The molecule has 0 amide bonds. The third kappa shape index (κ3) is 3.92. The normalized spacial score (nSPS) is 19.8. The first-order valence-corrected chi connectivity index (χ1v) is 11.5. The van der Waals surface area contributed by atoms with Gasteiger partial charge in [0.25, 0.3) is 0 Å². The maximum atomic E-state index is 9.71. The molecule has 2 aliphatic heterocycles. The molecule has 1 aliphatic carbocycles. The Morgan fingerprint density at radius 2 is 2.00 bits per heavy atom. The fourth-order valence-corrected chi connectivity index (χ4v) is 5.03. The Labute approximate surface area is 180 Å². The summed E-state index contributed by atoms with van der Waals surface area (Å²) in [6.45, 7) is 1.83. The second-order valence-electron chi connectivity index (χ2n) is 8.25. The van der Waals surface area contributed by atoms with Crippen molar-refractivity contribution in [2.45, 2.75) is 48.6 Å². The van der Waals surface area contributed by atoms with Crippen LogP contribution in [0.25, 0.3) is 0 Å². The van der Waals surface area contributed by atoms with E-state index in [0.717, 1.165) is 79.1 Å². The van der Waals surface area contributed by atoms with Gasteiger partial charge in [-0.25, -0.2) is 4.98 Å². The molecule has 3 aliphatic rings. The summed E-state index contributed by atoms with van der Waals surface area (Å²) in [4.78, 5) is 13.1. The molecule has 0 unspecified atom stereocenters. The minimum Gasteiger partial charge on any atom is -0.490 e. The van der Waals surface area contributed by atoms with Gasteiger partial charge in [-0.3, -0.25) is 0 Å². The monoisotopic (exact) mass is 423 g/mol. The molecule has 1 saturated heterocycles. The summed E-state index contributed by atoms with van der Waals surface area (Å²) in [6, 6.07) is 9.42. The van der Waals surface area contributed by atoms with Crippen molar-refractivity contribution in [1.82, 2.24) is 9.97 Å². The van der Waals surface area contributed by atoms with E-state index in [-0.39, 0.29) is 18.2 Å². The number of piperidine rings is 1. The van der Waals surface area contributed by atoms with E-state index in [1.165, 1.54) is 0 Å². The van der Waals surface area contributed by atoms with E-state index in [2.05, 4.69) is 16.3 Å². The molecule has 30 heavy (non-hydrogen) atoms. The van der Waals surface area contributed by atoms with Crippen LogP contribution in [-0.4, -0.2) is 52.2 Å². The summed E-state index contributed by atoms with van der Waals surface area (Å²) in [6.07, 6.45) is 4.90. The van der Waals surface area contributed by atoms with E-state index >= 15 is 0 Å². The molecule has 1 aromatic heterocycles. The Hall–Kier alpha value is -2.50. The predicted octanol–water partition coefficient (Wildman–Crippen LogP) is 2.98. The number of nitriles is 1. The maximum Gasteiger partial charge on any atom is 0.227 e. The topological polar surface area (TPSA) is 94.3 Å². The van der Waals surface area contributed by atoms with Gasteiger partial charge in [0, 0.05) is 38.1 Å². The van der Waals surface area contributed by atoms with Gasteiger partial charge in [0.1, 0.15) is 17.7 Å². The van der Waals surface area contributed by atoms with Gasteiger partial charge < -0.3 is 20.1 Å². The first-order chi connectivity index (χ1) is 14.7. The lowest BCUT2D eigenvalue weighted by Gasteiger charge is -2.32. The van der Waals surface area contributed by atoms with Crippen LogP contribution in [0.5, 0.6) is 5.75 Å². The molecular formula is C22H25N5O2S. The number of ether oxygens (including phenoxy) is 1. The first kappa shape index (κ1) is 19.5. The number of nitrogens with zero attached hydrogens (tertiary/aromatic N) is 4. The van der Waals surface area contributed by atoms with E-state index in [4.69, 9.17) is 20.0 Å². The van der Waals surface area contributed by atoms with Gasteiger partial charge in [-0.05, 0) is 37.1 Å². The van der Waals surface area contributed by atoms with Crippen molar-refractivity contribution < 1.29 is 9.84 Å². The van der Waals surface area contributed by atoms with Gasteiger partial charge in [0.15, 0.2) is 0 Å². The molecule has 2 fully saturated rings. The van der Waals surface area contributed by atoms with E-state index in [0.29, 0.717) is 5.56 Å². The molecule has 2 aromatic rings. The SMILES string of the molecule is N#Cc1ccc(OC2CCN(c3nc4c(c(NC5(CO)CC5)n3)SCC4)CC2)cc1. The van der Waals surface area contributed by atoms with Crippen molar-refractivity contribution in [2.24, 2.45) is 0 Å². The zero-order valence-electron chi connectivity index (χ0n) is 16.8. The molecule has 156 valence electrons. The molecular weight excluding hydrogens is 398 g/mol. The van der Waals surface area contributed by atoms with Crippen molar-refractivity contribution in [3.05, 3.63) is 35.5 Å². The average Bonchev–Trinajstić information content (AvgIpc) is 3.39. The molecule has 8 heteroatoms. The highest BCUT2D eigenvalue weighted by Gasteiger charge is 2.43. The largest absolute Gasteiger partial charge is 0.490 e. The molecule has 3 heterocycles. The van der Waals surface area contributed by atoms with Crippen LogP contribution in [0.2, 0.25) is 0 Å². The number of thioether (sulfide) groups is 1. The van der Waals surface area contributed by atoms with Crippen molar-refractivity contribution >= 4 is 23.5 Å². The average molecular weight is 424 g/mol. The predicted molar refractivity (Wildman–Crippen MR) is 116 cm³/mol. The first-order valence-electron chi connectivity index (χ1n) is 10.5. The van der Waals surface area contributed by atoms with Crippen LogP contribution in [0.15, 0.2) is 29.2 Å². The third-order valence-corrected chi connectivity index (χ3v) is 7.19. The quantitative estimate of drug-likeness (QED) is 0.732. The summed E-state index contributed by atoms with van der Waals surface area (Å²) >= 11 is 1.81. The Morgan fingerprint density at radius 1 is 1.23 bits per heavy atom. The van der Waals surface area contributed by atoms with Crippen molar-refractivity contribution in [3.8, 4) is 11.8 Å². The highest BCUT2D eigenvalue weighted by atomic mass is 32.2. The number of aromatic nitrogens is 2. The van der Waals surface area contributed by atoms with E-state index in [1.54, 1.807) is 23.9 Å².